The van der Waals surface area contributed by atoms with Crippen LogP contribution in [-0.2, 0) is 15.1 Å². The van der Waals surface area contributed by atoms with Gasteiger partial charge in [-0.05, 0) is 62.2 Å². The van der Waals surface area contributed by atoms with E-state index in [4.69, 9.17) is 19.4 Å². The monoisotopic (exact) mass is 269 g/mol. The van der Waals surface area contributed by atoms with Crippen molar-refractivity contribution in [2.75, 3.05) is 0 Å². The summed E-state index contributed by atoms with van der Waals surface area (Å²) in [7, 11) is 9.90. The van der Waals surface area contributed by atoms with E-state index in [0.29, 0.717) is 0 Å². The van der Waals surface area contributed by atoms with E-state index in [1.807, 2.05) is 5.92 Å². The second-order valence-corrected chi connectivity index (χ2v) is 9.39. The molecule has 0 saturated heterocycles. The Morgan fingerprint density at radius 1 is 0.846 bits per heavy atom. The SMILES string of the molecule is C1[C]2CC3CC1CC(C2)C3.[Cl][Zn][Cl]. The van der Waals surface area contributed by atoms with Gasteiger partial charge in [0.05, 0.1) is 0 Å². The molecule has 13 heavy (non-hydrogen) atoms. The van der Waals surface area contributed by atoms with Crippen molar-refractivity contribution in [3.05, 3.63) is 5.92 Å². The summed E-state index contributed by atoms with van der Waals surface area (Å²) in [4.78, 5) is 0. The quantitative estimate of drug-likeness (QED) is 0.580. The van der Waals surface area contributed by atoms with Crippen LogP contribution in [0.3, 0.4) is 0 Å². The van der Waals surface area contributed by atoms with Gasteiger partial charge < -0.3 is 0 Å². The summed E-state index contributed by atoms with van der Waals surface area (Å²) >= 11 is -0.931. The van der Waals surface area contributed by atoms with E-state index in [1.54, 1.807) is 19.3 Å². The summed E-state index contributed by atoms with van der Waals surface area (Å²) in [5.41, 5.74) is 0. The molecule has 4 bridgehead atoms. The Morgan fingerprint density at radius 3 is 1.38 bits per heavy atom. The van der Waals surface area contributed by atoms with E-state index in [0.717, 1.165) is 17.8 Å². The normalized spacial score (nSPS) is 40.9. The first-order valence-corrected chi connectivity index (χ1v) is 13.1. The average molecular weight is 272 g/mol. The molecule has 1 radical (unpaired) electrons. The number of hydrogen-bond acceptors (Lipinski definition) is 0. The predicted molar refractivity (Wildman–Crippen MR) is 53.1 cm³/mol. The van der Waals surface area contributed by atoms with Crippen molar-refractivity contribution < 1.29 is 15.1 Å². The maximum absolute atomic E-state index is 4.95. The minimum absolute atomic E-state index is 0.931. The number of halogens is 2. The van der Waals surface area contributed by atoms with Gasteiger partial charge in [0.25, 0.3) is 0 Å². The summed E-state index contributed by atoms with van der Waals surface area (Å²) in [5, 5.41) is 0. The zero-order valence-electron chi connectivity index (χ0n) is 7.94. The van der Waals surface area contributed by atoms with E-state index in [-0.39, 0.29) is 0 Å². The van der Waals surface area contributed by atoms with Gasteiger partial charge in [-0.2, -0.15) is 0 Å². The molecule has 4 fully saturated rings. The van der Waals surface area contributed by atoms with Crippen molar-refractivity contribution >= 4 is 19.4 Å². The fraction of sp³-hybridized carbons (Fsp3) is 0.900. The van der Waals surface area contributed by atoms with Crippen molar-refractivity contribution in [1.29, 1.82) is 0 Å². The first kappa shape index (κ1) is 10.7. The Labute approximate surface area is 96.4 Å². The van der Waals surface area contributed by atoms with Crippen LogP contribution in [0.2, 0.25) is 0 Å². The molecular formula is C10H15Cl2Zn. The molecule has 0 atom stereocenters. The Bertz CT molecular complexity index is 116. The molecule has 4 saturated carbocycles. The molecule has 4 aliphatic rings. The van der Waals surface area contributed by atoms with Crippen molar-refractivity contribution in [1.82, 2.24) is 0 Å². The summed E-state index contributed by atoms with van der Waals surface area (Å²) in [6.45, 7) is 0. The zero-order chi connectivity index (χ0) is 9.26. The Balaban J connectivity index is 0.000000196. The van der Waals surface area contributed by atoms with E-state index < -0.39 is 15.1 Å². The molecule has 0 aromatic rings. The average Bonchev–Trinajstić information content (AvgIpc) is 2.01. The fourth-order valence-corrected chi connectivity index (χ4v) is 3.68. The molecule has 4 aliphatic carbocycles. The van der Waals surface area contributed by atoms with Crippen molar-refractivity contribution in [2.45, 2.75) is 38.5 Å². The second-order valence-electron chi connectivity index (χ2n) is 4.77. The first-order valence-electron chi connectivity index (χ1n) is 5.27. The topological polar surface area (TPSA) is 0 Å². The van der Waals surface area contributed by atoms with Crippen LogP contribution in [-0.4, -0.2) is 0 Å². The molecule has 71 valence electrons. The summed E-state index contributed by atoms with van der Waals surface area (Å²) in [6, 6.07) is 0. The van der Waals surface area contributed by atoms with Crippen molar-refractivity contribution in [3.63, 3.8) is 0 Å². The van der Waals surface area contributed by atoms with Gasteiger partial charge in [0.15, 0.2) is 0 Å². The van der Waals surface area contributed by atoms with E-state index in [1.165, 1.54) is 19.3 Å². The molecule has 0 aromatic heterocycles. The standard InChI is InChI=1S/C10H15.2ClH.Zn/c1-7-2-9-4-8(1)5-10(3-7)6-9;;;/h7-9H,1-6H2;2*1H;/q;;;+2/p-2. The van der Waals surface area contributed by atoms with Crippen LogP contribution in [0.15, 0.2) is 0 Å². The van der Waals surface area contributed by atoms with Crippen molar-refractivity contribution in [2.24, 2.45) is 17.8 Å². The van der Waals surface area contributed by atoms with Crippen LogP contribution >= 0.6 is 19.4 Å². The molecule has 0 N–H and O–H groups in total. The third kappa shape index (κ3) is 2.61. The van der Waals surface area contributed by atoms with E-state index in [9.17, 15) is 0 Å². The van der Waals surface area contributed by atoms with Gasteiger partial charge in [0.2, 0.25) is 0 Å². The molecule has 0 aromatic carbocycles. The molecular weight excluding hydrogens is 256 g/mol. The maximum atomic E-state index is 4.95. The van der Waals surface area contributed by atoms with Gasteiger partial charge in [0, 0.05) is 0 Å². The summed E-state index contributed by atoms with van der Waals surface area (Å²) in [6.07, 6.45) is 9.31. The number of hydrogen-bond donors (Lipinski definition) is 0. The Morgan fingerprint density at radius 2 is 1.15 bits per heavy atom. The van der Waals surface area contributed by atoms with Crippen LogP contribution in [0.25, 0.3) is 0 Å². The molecule has 3 heteroatoms. The fourth-order valence-electron chi connectivity index (χ4n) is 3.68. The van der Waals surface area contributed by atoms with Gasteiger partial charge in [-0.15, -0.1) is 0 Å². The van der Waals surface area contributed by atoms with Crippen LogP contribution < -0.4 is 0 Å². The molecule has 0 aliphatic heterocycles. The van der Waals surface area contributed by atoms with Gasteiger partial charge in [-0.25, -0.2) is 0 Å². The minimum atomic E-state index is -0.931. The molecule has 4 rings (SSSR count). The summed E-state index contributed by atoms with van der Waals surface area (Å²) < 4.78 is 0. The third-order valence-electron chi connectivity index (χ3n) is 3.73. The van der Waals surface area contributed by atoms with Crippen LogP contribution in [0.5, 0.6) is 0 Å². The van der Waals surface area contributed by atoms with Crippen LogP contribution in [0, 0.1) is 23.7 Å². The molecule has 0 nitrogen and oxygen atoms in total. The van der Waals surface area contributed by atoms with Crippen LogP contribution in [0.1, 0.15) is 38.5 Å². The Kier molecular flexibility index (Phi) is 3.97. The number of rotatable bonds is 0. The van der Waals surface area contributed by atoms with Gasteiger partial charge in [-0.1, -0.05) is 0 Å². The van der Waals surface area contributed by atoms with E-state index in [2.05, 4.69) is 0 Å². The second kappa shape index (κ2) is 4.82. The molecule has 0 unspecified atom stereocenters. The third-order valence-corrected chi connectivity index (χ3v) is 3.73. The van der Waals surface area contributed by atoms with E-state index >= 15 is 0 Å². The molecule has 0 amide bonds. The zero-order valence-corrected chi connectivity index (χ0v) is 12.4. The van der Waals surface area contributed by atoms with Gasteiger partial charge in [-0.3, -0.25) is 0 Å². The Hall–Kier alpha value is 1.20. The van der Waals surface area contributed by atoms with Gasteiger partial charge in [0.1, 0.15) is 0 Å². The van der Waals surface area contributed by atoms with Gasteiger partial charge >= 0.3 is 34.5 Å². The first-order chi connectivity index (χ1) is 6.31. The molecule has 0 spiro atoms. The van der Waals surface area contributed by atoms with Crippen LogP contribution in [0.4, 0.5) is 0 Å². The predicted octanol–water partition coefficient (Wildman–Crippen LogP) is 4.17. The summed E-state index contributed by atoms with van der Waals surface area (Å²) in [5.74, 6) is 5.35. The molecule has 0 heterocycles. The van der Waals surface area contributed by atoms with Crippen molar-refractivity contribution in [3.8, 4) is 0 Å².